The lowest BCUT2D eigenvalue weighted by Gasteiger charge is -2.34. The maximum atomic E-state index is 4.87. The van der Waals surface area contributed by atoms with Crippen LogP contribution in [0.1, 0.15) is 38.7 Å². The van der Waals surface area contributed by atoms with Gasteiger partial charge in [0.2, 0.25) is 0 Å². The van der Waals surface area contributed by atoms with Gasteiger partial charge in [0.05, 0.1) is 6.54 Å². The van der Waals surface area contributed by atoms with Crippen LogP contribution in [0.3, 0.4) is 0 Å². The molecule has 1 atom stereocenters. The van der Waals surface area contributed by atoms with E-state index in [4.69, 9.17) is 4.99 Å². The number of nitrogens with zero attached hydrogens (tertiary/aromatic N) is 4. The first-order chi connectivity index (χ1) is 12.3. The lowest BCUT2D eigenvalue weighted by molar-refractivity contribution is 0.408. The summed E-state index contributed by atoms with van der Waals surface area (Å²) in [5, 5.41) is 4.18. The van der Waals surface area contributed by atoms with Crippen LogP contribution >= 0.6 is 35.7 Å². The zero-order valence-corrected chi connectivity index (χ0v) is 19.1. The van der Waals surface area contributed by atoms with Crippen molar-refractivity contribution < 1.29 is 0 Å². The van der Waals surface area contributed by atoms with E-state index >= 15 is 0 Å². The van der Waals surface area contributed by atoms with Crippen LogP contribution in [0.2, 0.25) is 0 Å². The molecule has 146 valence electrons. The van der Waals surface area contributed by atoms with Crippen LogP contribution in [0.5, 0.6) is 0 Å². The van der Waals surface area contributed by atoms with Crippen molar-refractivity contribution in [2.45, 2.75) is 44.9 Å². The number of nitrogens with one attached hydrogen (secondary N) is 1. The molecule has 2 fully saturated rings. The second-order valence-electron chi connectivity index (χ2n) is 6.74. The fourth-order valence-corrected chi connectivity index (χ4v) is 4.57. The van der Waals surface area contributed by atoms with Crippen LogP contribution < -0.4 is 10.2 Å². The molecular formula is C19H32IN5S. The van der Waals surface area contributed by atoms with Gasteiger partial charge in [0.25, 0.3) is 0 Å². The summed E-state index contributed by atoms with van der Waals surface area (Å²) >= 11 is 2.09. The normalized spacial score (nSPS) is 20.8. The highest BCUT2D eigenvalue weighted by molar-refractivity contribution is 14.0. The molecule has 3 heterocycles. The quantitative estimate of drug-likeness (QED) is 0.389. The van der Waals surface area contributed by atoms with Crippen LogP contribution in [0.25, 0.3) is 0 Å². The third-order valence-electron chi connectivity index (χ3n) is 4.88. The van der Waals surface area contributed by atoms with Crippen molar-refractivity contribution in [1.82, 2.24) is 15.2 Å². The second-order valence-corrected chi connectivity index (χ2v) is 8.14. The highest BCUT2D eigenvalue weighted by Crippen LogP contribution is 2.21. The van der Waals surface area contributed by atoms with E-state index in [0.29, 0.717) is 6.54 Å². The molecule has 1 aromatic heterocycles. The number of rotatable bonds is 5. The molecule has 1 aromatic rings. The number of anilines is 1. The largest absolute Gasteiger partial charge is 0.357 e. The summed E-state index contributed by atoms with van der Waals surface area (Å²) in [7, 11) is 0. The second kappa shape index (κ2) is 11.2. The Bertz CT molecular complexity index is 560. The Morgan fingerprint density at radius 3 is 2.73 bits per heavy atom. The summed E-state index contributed by atoms with van der Waals surface area (Å²) in [5.74, 6) is 3.34. The van der Waals surface area contributed by atoms with Crippen molar-refractivity contribution in [1.29, 1.82) is 0 Å². The van der Waals surface area contributed by atoms with E-state index in [2.05, 4.69) is 57.8 Å². The highest BCUT2D eigenvalue weighted by atomic mass is 127. The standard InChI is InChI=1S/C19H31N5S.HI/c1-3-17-15-24(11-12-25-17)19(20-4-2)22-14-16-7-8-18(21-13-16)23-9-5-6-10-23;/h7-8,13,17H,3-6,9-12,14-15H2,1-2H3,(H,20,22);1H. The van der Waals surface area contributed by atoms with E-state index in [1.807, 2.05) is 6.20 Å². The van der Waals surface area contributed by atoms with Gasteiger partial charge in [0, 0.05) is 49.9 Å². The van der Waals surface area contributed by atoms with Gasteiger partial charge in [-0.15, -0.1) is 24.0 Å². The number of hydrogen-bond donors (Lipinski definition) is 1. The summed E-state index contributed by atoms with van der Waals surface area (Å²) in [5.41, 5.74) is 1.18. The van der Waals surface area contributed by atoms with Crippen molar-refractivity contribution in [2.24, 2.45) is 4.99 Å². The molecule has 1 unspecified atom stereocenters. The third kappa shape index (κ3) is 5.90. The molecule has 0 amide bonds. The van der Waals surface area contributed by atoms with E-state index < -0.39 is 0 Å². The maximum Gasteiger partial charge on any atom is 0.194 e. The molecule has 0 radical (unpaired) electrons. The van der Waals surface area contributed by atoms with Crippen molar-refractivity contribution >= 4 is 47.5 Å². The minimum Gasteiger partial charge on any atom is -0.357 e. The molecule has 0 spiro atoms. The molecule has 0 aromatic carbocycles. The van der Waals surface area contributed by atoms with Crippen molar-refractivity contribution in [2.75, 3.05) is 43.4 Å². The topological polar surface area (TPSA) is 43.8 Å². The molecule has 2 saturated heterocycles. The van der Waals surface area contributed by atoms with Gasteiger partial charge in [-0.1, -0.05) is 13.0 Å². The number of guanidine groups is 1. The van der Waals surface area contributed by atoms with E-state index in [1.54, 1.807) is 0 Å². The first-order valence-electron chi connectivity index (χ1n) is 9.65. The minimum absolute atomic E-state index is 0. The third-order valence-corrected chi connectivity index (χ3v) is 6.25. The summed E-state index contributed by atoms with van der Waals surface area (Å²) in [6.07, 6.45) is 5.78. The molecular weight excluding hydrogens is 457 g/mol. The molecule has 7 heteroatoms. The fraction of sp³-hybridized carbons (Fsp3) is 0.684. The summed E-state index contributed by atoms with van der Waals surface area (Å²) < 4.78 is 0. The zero-order valence-electron chi connectivity index (χ0n) is 16.0. The number of thioether (sulfide) groups is 1. The molecule has 1 N–H and O–H groups in total. The first kappa shape index (κ1) is 21.6. The summed E-state index contributed by atoms with van der Waals surface area (Å²) in [6.45, 7) is 10.5. The van der Waals surface area contributed by atoms with Crippen LogP contribution in [0, 0.1) is 0 Å². The zero-order chi connectivity index (χ0) is 17.5. The summed E-state index contributed by atoms with van der Waals surface area (Å²) in [4.78, 5) is 14.3. The Hall–Kier alpha value is -0.700. The first-order valence-corrected chi connectivity index (χ1v) is 10.7. The Balaban J connectivity index is 0.00000243. The number of pyridine rings is 1. The number of aliphatic imine (C=N–C) groups is 1. The Morgan fingerprint density at radius 2 is 2.08 bits per heavy atom. The Morgan fingerprint density at radius 1 is 1.27 bits per heavy atom. The average molecular weight is 489 g/mol. The maximum absolute atomic E-state index is 4.87. The van der Waals surface area contributed by atoms with Crippen molar-refractivity contribution in [3.05, 3.63) is 23.9 Å². The number of hydrogen-bond acceptors (Lipinski definition) is 4. The molecule has 2 aliphatic rings. The average Bonchev–Trinajstić information content (AvgIpc) is 3.20. The van der Waals surface area contributed by atoms with E-state index in [9.17, 15) is 0 Å². The van der Waals surface area contributed by atoms with Crippen LogP contribution in [0.15, 0.2) is 23.3 Å². The van der Waals surface area contributed by atoms with Crippen molar-refractivity contribution in [3.63, 3.8) is 0 Å². The molecule has 0 aliphatic carbocycles. The van der Waals surface area contributed by atoms with E-state index in [0.717, 1.165) is 49.8 Å². The molecule has 26 heavy (non-hydrogen) atoms. The van der Waals surface area contributed by atoms with Crippen molar-refractivity contribution in [3.8, 4) is 0 Å². The molecule has 5 nitrogen and oxygen atoms in total. The van der Waals surface area contributed by atoms with Gasteiger partial charge in [-0.3, -0.25) is 0 Å². The van der Waals surface area contributed by atoms with Gasteiger partial charge in [-0.2, -0.15) is 11.8 Å². The van der Waals surface area contributed by atoms with Gasteiger partial charge < -0.3 is 15.1 Å². The highest BCUT2D eigenvalue weighted by Gasteiger charge is 2.21. The lowest BCUT2D eigenvalue weighted by atomic mass is 10.3. The van der Waals surface area contributed by atoms with E-state index in [1.165, 1.54) is 30.6 Å². The predicted octanol–water partition coefficient (Wildman–Crippen LogP) is 3.59. The van der Waals surface area contributed by atoms with Crippen LogP contribution in [-0.2, 0) is 6.54 Å². The molecule has 3 rings (SSSR count). The number of aromatic nitrogens is 1. The smallest absolute Gasteiger partial charge is 0.194 e. The van der Waals surface area contributed by atoms with Gasteiger partial charge in [0.1, 0.15) is 5.82 Å². The SMILES string of the molecule is CCNC(=NCc1ccc(N2CCCC2)nc1)N1CCSC(CC)C1.I. The molecule has 0 bridgehead atoms. The molecule has 0 saturated carbocycles. The lowest BCUT2D eigenvalue weighted by Crippen LogP contribution is -2.48. The van der Waals surface area contributed by atoms with Gasteiger partial charge in [0.15, 0.2) is 5.96 Å². The van der Waals surface area contributed by atoms with E-state index in [-0.39, 0.29) is 24.0 Å². The molecule has 2 aliphatic heterocycles. The fourth-order valence-electron chi connectivity index (χ4n) is 3.39. The minimum atomic E-state index is 0. The Kier molecular flexibility index (Phi) is 9.31. The van der Waals surface area contributed by atoms with Gasteiger partial charge in [-0.05, 0) is 37.8 Å². The summed E-state index contributed by atoms with van der Waals surface area (Å²) in [6, 6.07) is 4.32. The van der Waals surface area contributed by atoms with Gasteiger partial charge >= 0.3 is 0 Å². The Labute approximate surface area is 179 Å². The van der Waals surface area contributed by atoms with Crippen LogP contribution in [-0.4, -0.2) is 59.6 Å². The number of halogens is 1. The predicted molar refractivity (Wildman–Crippen MR) is 124 cm³/mol. The van der Waals surface area contributed by atoms with Crippen LogP contribution in [0.4, 0.5) is 5.82 Å². The monoisotopic (exact) mass is 489 g/mol. The van der Waals surface area contributed by atoms with Gasteiger partial charge in [-0.25, -0.2) is 9.98 Å².